The number of fused-ring (bicyclic) bond motifs is 1. The van der Waals surface area contributed by atoms with Crippen LogP contribution in [0.3, 0.4) is 0 Å². The van der Waals surface area contributed by atoms with E-state index in [0.29, 0.717) is 28.4 Å². The smallest absolute Gasteiger partial charge is 0.316 e. The Labute approximate surface area is 120 Å². The molecule has 0 aliphatic carbocycles. The van der Waals surface area contributed by atoms with Gasteiger partial charge in [-0.3, -0.25) is 13.9 Å². The molecule has 0 spiro atoms. The fourth-order valence-electron chi connectivity index (χ4n) is 2.80. The van der Waals surface area contributed by atoms with Crippen LogP contribution in [0, 0.1) is 5.92 Å². The molecule has 0 saturated carbocycles. The van der Waals surface area contributed by atoms with E-state index in [2.05, 4.69) is 5.32 Å². The molecule has 1 aromatic heterocycles. The Balaban J connectivity index is 2.24. The lowest BCUT2D eigenvalue weighted by atomic mass is 10.1. The molecule has 1 aliphatic rings. The highest BCUT2D eigenvalue weighted by Crippen LogP contribution is 2.18. The normalized spacial score (nSPS) is 18.8. The number of halogens is 1. The quantitative estimate of drug-likeness (QED) is 0.897. The van der Waals surface area contributed by atoms with Gasteiger partial charge in [-0.1, -0.05) is 17.7 Å². The van der Waals surface area contributed by atoms with Gasteiger partial charge >= 0.3 is 5.69 Å². The van der Waals surface area contributed by atoms with Crippen LogP contribution in [0.15, 0.2) is 27.8 Å². The maximum Gasteiger partial charge on any atom is 0.331 e. The van der Waals surface area contributed by atoms with Crippen molar-refractivity contribution in [2.45, 2.75) is 13.0 Å². The topological polar surface area (TPSA) is 56.0 Å². The molecule has 1 unspecified atom stereocenters. The van der Waals surface area contributed by atoms with E-state index in [1.165, 1.54) is 9.13 Å². The summed E-state index contributed by atoms with van der Waals surface area (Å²) >= 11 is 6.13. The fraction of sp³-hybridized carbons (Fsp3) is 0.429. The first-order valence-electron chi connectivity index (χ1n) is 6.68. The van der Waals surface area contributed by atoms with Gasteiger partial charge in [0.05, 0.1) is 15.9 Å². The third-order valence-electron chi connectivity index (χ3n) is 3.93. The summed E-state index contributed by atoms with van der Waals surface area (Å²) in [4.78, 5) is 24.9. The van der Waals surface area contributed by atoms with E-state index < -0.39 is 0 Å². The summed E-state index contributed by atoms with van der Waals surface area (Å²) in [5.74, 6) is 0.320. The second kappa shape index (κ2) is 5.07. The average Bonchev–Trinajstić information content (AvgIpc) is 2.94. The molecule has 5 nitrogen and oxygen atoms in total. The van der Waals surface area contributed by atoms with Crippen LogP contribution in [0.2, 0.25) is 5.02 Å². The summed E-state index contributed by atoms with van der Waals surface area (Å²) < 4.78 is 2.80. The highest BCUT2D eigenvalue weighted by Gasteiger charge is 2.19. The number of nitrogens with one attached hydrogen (secondary N) is 1. The van der Waals surface area contributed by atoms with Crippen LogP contribution in [0.1, 0.15) is 6.42 Å². The van der Waals surface area contributed by atoms with E-state index in [-0.39, 0.29) is 11.2 Å². The van der Waals surface area contributed by atoms with Gasteiger partial charge in [0.2, 0.25) is 0 Å². The Morgan fingerprint density at radius 2 is 2.20 bits per heavy atom. The zero-order chi connectivity index (χ0) is 14.3. The van der Waals surface area contributed by atoms with Gasteiger partial charge in [-0.25, -0.2) is 4.79 Å². The molecule has 6 heteroatoms. The number of benzene rings is 1. The predicted octanol–water partition coefficient (Wildman–Crippen LogP) is 0.963. The van der Waals surface area contributed by atoms with Crippen molar-refractivity contribution >= 4 is 22.5 Å². The average molecular weight is 294 g/mol. The molecule has 1 saturated heterocycles. The van der Waals surface area contributed by atoms with Crippen LogP contribution in [-0.4, -0.2) is 22.2 Å². The molecule has 106 valence electrons. The van der Waals surface area contributed by atoms with Crippen molar-refractivity contribution in [1.29, 1.82) is 0 Å². The van der Waals surface area contributed by atoms with E-state index in [9.17, 15) is 9.59 Å². The summed E-state index contributed by atoms with van der Waals surface area (Å²) in [7, 11) is 1.67. The molecule has 1 atom stereocenters. The lowest BCUT2D eigenvalue weighted by Gasteiger charge is -2.14. The summed E-state index contributed by atoms with van der Waals surface area (Å²) in [5.41, 5.74) is 0.00515. The van der Waals surface area contributed by atoms with Gasteiger partial charge in [-0.15, -0.1) is 0 Å². The third kappa shape index (κ3) is 2.07. The molecule has 2 aromatic rings. The molecule has 3 rings (SSSR count). The van der Waals surface area contributed by atoms with Crippen molar-refractivity contribution in [3.8, 4) is 0 Å². The molecule has 1 aromatic carbocycles. The van der Waals surface area contributed by atoms with Gasteiger partial charge in [0.15, 0.2) is 0 Å². The molecule has 1 N–H and O–H groups in total. The van der Waals surface area contributed by atoms with Gasteiger partial charge in [0.25, 0.3) is 5.56 Å². The van der Waals surface area contributed by atoms with Crippen LogP contribution in [-0.2, 0) is 13.6 Å². The minimum atomic E-state index is -0.291. The van der Waals surface area contributed by atoms with Crippen LogP contribution in [0.5, 0.6) is 0 Å². The summed E-state index contributed by atoms with van der Waals surface area (Å²) in [5, 5.41) is 4.05. The highest BCUT2D eigenvalue weighted by molar-refractivity contribution is 6.35. The maximum atomic E-state index is 12.6. The Morgan fingerprint density at radius 3 is 2.90 bits per heavy atom. The summed E-state index contributed by atoms with van der Waals surface area (Å²) in [6.45, 7) is 2.23. The fourth-order valence-corrected chi connectivity index (χ4v) is 3.05. The number of aryl methyl sites for hydroxylation is 1. The van der Waals surface area contributed by atoms with Gasteiger partial charge in [0, 0.05) is 13.6 Å². The molecular weight excluding hydrogens is 278 g/mol. The number of nitrogens with zero attached hydrogens (tertiary/aromatic N) is 2. The standard InChI is InChI=1S/C14H16ClN3O2/c1-17-11-4-2-3-10(15)12(11)13(19)18(14(17)20)8-9-5-6-16-7-9/h2-4,9,16H,5-8H2,1H3. The SMILES string of the molecule is Cn1c(=O)n(CC2CCNC2)c(=O)c2c(Cl)cccc21. The van der Waals surface area contributed by atoms with Crippen molar-refractivity contribution in [3.05, 3.63) is 44.1 Å². The van der Waals surface area contributed by atoms with E-state index >= 15 is 0 Å². The van der Waals surface area contributed by atoms with Crippen molar-refractivity contribution < 1.29 is 0 Å². The van der Waals surface area contributed by atoms with Gasteiger partial charge in [-0.2, -0.15) is 0 Å². The van der Waals surface area contributed by atoms with Gasteiger partial charge in [0.1, 0.15) is 0 Å². The maximum absolute atomic E-state index is 12.6. The minimum Gasteiger partial charge on any atom is -0.316 e. The van der Waals surface area contributed by atoms with Gasteiger partial charge in [-0.05, 0) is 37.6 Å². The van der Waals surface area contributed by atoms with Crippen molar-refractivity contribution in [2.75, 3.05) is 13.1 Å². The Morgan fingerprint density at radius 1 is 1.40 bits per heavy atom. The second-order valence-corrected chi connectivity index (χ2v) is 5.66. The molecule has 0 radical (unpaired) electrons. The Hall–Kier alpha value is -1.59. The van der Waals surface area contributed by atoms with Crippen molar-refractivity contribution in [2.24, 2.45) is 13.0 Å². The molecule has 2 heterocycles. The molecular formula is C14H16ClN3O2. The van der Waals surface area contributed by atoms with Crippen molar-refractivity contribution in [1.82, 2.24) is 14.5 Å². The van der Waals surface area contributed by atoms with E-state index in [4.69, 9.17) is 11.6 Å². The Bertz CT molecular complexity index is 772. The molecule has 0 amide bonds. The van der Waals surface area contributed by atoms with E-state index in [1.807, 2.05) is 0 Å². The first kappa shape index (κ1) is 13.4. The number of rotatable bonds is 2. The second-order valence-electron chi connectivity index (χ2n) is 5.25. The third-order valence-corrected chi connectivity index (χ3v) is 4.25. The molecule has 0 bridgehead atoms. The molecule has 1 aliphatic heterocycles. The van der Waals surface area contributed by atoms with Crippen LogP contribution >= 0.6 is 11.6 Å². The predicted molar refractivity (Wildman–Crippen MR) is 79.4 cm³/mol. The molecule has 20 heavy (non-hydrogen) atoms. The van der Waals surface area contributed by atoms with E-state index in [0.717, 1.165) is 19.5 Å². The van der Waals surface area contributed by atoms with E-state index in [1.54, 1.807) is 25.2 Å². The van der Waals surface area contributed by atoms with Crippen LogP contribution < -0.4 is 16.6 Å². The summed E-state index contributed by atoms with van der Waals surface area (Å²) in [6, 6.07) is 5.16. The monoisotopic (exact) mass is 293 g/mol. The molecule has 1 fully saturated rings. The Kier molecular flexibility index (Phi) is 3.40. The zero-order valence-electron chi connectivity index (χ0n) is 11.2. The first-order chi connectivity index (χ1) is 9.59. The van der Waals surface area contributed by atoms with Gasteiger partial charge < -0.3 is 5.32 Å². The lowest BCUT2D eigenvalue weighted by molar-refractivity contribution is 0.452. The minimum absolute atomic E-state index is 0.281. The van der Waals surface area contributed by atoms with Crippen LogP contribution in [0.4, 0.5) is 0 Å². The number of hydrogen-bond acceptors (Lipinski definition) is 3. The van der Waals surface area contributed by atoms with Crippen LogP contribution in [0.25, 0.3) is 10.9 Å². The largest absolute Gasteiger partial charge is 0.331 e. The zero-order valence-corrected chi connectivity index (χ0v) is 12.0. The van der Waals surface area contributed by atoms with Crippen molar-refractivity contribution in [3.63, 3.8) is 0 Å². The number of aromatic nitrogens is 2. The lowest BCUT2D eigenvalue weighted by Crippen LogP contribution is -2.41. The number of hydrogen-bond donors (Lipinski definition) is 1. The summed E-state index contributed by atoms with van der Waals surface area (Å²) in [6.07, 6.45) is 0.982. The first-order valence-corrected chi connectivity index (χ1v) is 7.06. The highest BCUT2D eigenvalue weighted by atomic mass is 35.5.